The molecule has 0 fully saturated rings. The van der Waals surface area contributed by atoms with Crippen LogP contribution < -0.4 is 4.74 Å². The van der Waals surface area contributed by atoms with Gasteiger partial charge in [0.2, 0.25) is 5.88 Å². The molecule has 0 aliphatic carbocycles. The smallest absolute Gasteiger partial charge is 0.241 e. The van der Waals surface area contributed by atoms with Gasteiger partial charge in [0.25, 0.3) is 0 Å². The van der Waals surface area contributed by atoms with Crippen molar-refractivity contribution in [3.8, 4) is 34.5 Å². The Balaban J connectivity index is 2.01. The van der Waals surface area contributed by atoms with Gasteiger partial charge in [-0.3, -0.25) is 9.36 Å². The molecule has 29 heavy (non-hydrogen) atoms. The second-order valence-electron chi connectivity index (χ2n) is 6.34. The number of pyridine rings is 1. The highest BCUT2D eigenvalue weighted by atomic mass is 16.5. The number of aromatic hydroxyl groups is 2. The van der Waals surface area contributed by atoms with E-state index in [-0.39, 0.29) is 5.56 Å². The van der Waals surface area contributed by atoms with Gasteiger partial charge < -0.3 is 14.9 Å². The van der Waals surface area contributed by atoms with Crippen LogP contribution in [-0.4, -0.2) is 32.7 Å². The molecule has 0 atom stereocenters. The van der Waals surface area contributed by atoms with E-state index in [1.165, 1.54) is 4.57 Å². The van der Waals surface area contributed by atoms with Crippen LogP contribution in [0.5, 0.6) is 17.4 Å². The maximum atomic E-state index is 13.3. The van der Waals surface area contributed by atoms with E-state index in [1.54, 1.807) is 86.1 Å². The molecule has 6 nitrogen and oxygen atoms in total. The number of carbonyl (C=O) groups excluding carboxylic acids is 1. The van der Waals surface area contributed by atoms with Crippen molar-refractivity contribution in [2.24, 2.45) is 0 Å². The Kier molecular flexibility index (Phi) is 4.75. The quantitative estimate of drug-likeness (QED) is 0.503. The van der Waals surface area contributed by atoms with Crippen LogP contribution in [0.2, 0.25) is 0 Å². The van der Waals surface area contributed by atoms with Crippen LogP contribution in [0.15, 0.2) is 79.0 Å². The lowest BCUT2D eigenvalue weighted by Gasteiger charge is -2.11. The molecule has 0 aliphatic rings. The highest BCUT2D eigenvalue weighted by Crippen LogP contribution is 2.43. The van der Waals surface area contributed by atoms with Crippen LogP contribution >= 0.6 is 0 Å². The molecule has 144 valence electrons. The monoisotopic (exact) mass is 386 g/mol. The second kappa shape index (κ2) is 7.52. The molecular formula is C23H18N2O4. The summed E-state index contributed by atoms with van der Waals surface area (Å²) in [7, 11) is 1.56. The third-order valence-electron chi connectivity index (χ3n) is 4.63. The summed E-state index contributed by atoms with van der Waals surface area (Å²) in [5, 5.41) is 21.4. The lowest BCUT2D eigenvalue weighted by Crippen LogP contribution is -2.05. The van der Waals surface area contributed by atoms with E-state index < -0.39 is 17.4 Å². The lowest BCUT2D eigenvalue weighted by atomic mass is 9.99. The van der Waals surface area contributed by atoms with Crippen molar-refractivity contribution in [3.63, 3.8) is 0 Å². The van der Waals surface area contributed by atoms with Gasteiger partial charge >= 0.3 is 0 Å². The molecule has 0 radical (unpaired) electrons. The fourth-order valence-electron chi connectivity index (χ4n) is 3.23. The van der Waals surface area contributed by atoms with E-state index in [9.17, 15) is 15.0 Å². The standard InChI is InChI=1S/C23H18N2O4/c1-29-17-12-10-15(11-13-17)20-19(21(26)16-7-3-2-4-8-16)22(27)23(28)25(20)18-9-5-6-14-24-18/h2-14,27-28H,1H3. The second-order valence-corrected chi connectivity index (χ2v) is 6.34. The number of ether oxygens (including phenoxy) is 1. The largest absolute Gasteiger partial charge is 0.503 e. The third-order valence-corrected chi connectivity index (χ3v) is 4.63. The van der Waals surface area contributed by atoms with Crippen molar-refractivity contribution >= 4 is 5.78 Å². The number of carbonyl (C=O) groups is 1. The fourth-order valence-corrected chi connectivity index (χ4v) is 3.23. The molecule has 4 aromatic rings. The average Bonchev–Trinajstić information content (AvgIpc) is 3.05. The minimum absolute atomic E-state index is 0.00419. The lowest BCUT2D eigenvalue weighted by molar-refractivity contribution is 0.103. The van der Waals surface area contributed by atoms with Crippen LogP contribution in [0.1, 0.15) is 15.9 Å². The van der Waals surface area contributed by atoms with Crippen LogP contribution in [0, 0.1) is 0 Å². The van der Waals surface area contributed by atoms with Gasteiger partial charge in [0.1, 0.15) is 11.6 Å². The van der Waals surface area contributed by atoms with Crippen molar-refractivity contribution in [2.75, 3.05) is 7.11 Å². The minimum Gasteiger partial charge on any atom is -0.503 e. The summed E-state index contributed by atoms with van der Waals surface area (Å²) in [6.07, 6.45) is 1.57. The molecule has 2 aromatic heterocycles. The van der Waals surface area contributed by atoms with Gasteiger partial charge in [-0.25, -0.2) is 4.98 Å². The van der Waals surface area contributed by atoms with Crippen molar-refractivity contribution in [1.82, 2.24) is 9.55 Å². The molecule has 0 saturated heterocycles. The van der Waals surface area contributed by atoms with Crippen LogP contribution in [-0.2, 0) is 0 Å². The molecule has 2 aromatic carbocycles. The fraction of sp³-hybridized carbons (Fsp3) is 0.0435. The summed E-state index contributed by atoms with van der Waals surface area (Å²) in [6.45, 7) is 0. The van der Waals surface area contributed by atoms with Gasteiger partial charge in [-0.05, 0) is 42.0 Å². The molecule has 4 rings (SSSR count). The molecule has 2 N–H and O–H groups in total. The van der Waals surface area contributed by atoms with Crippen LogP contribution in [0.3, 0.4) is 0 Å². The van der Waals surface area contributed by atoms with Crippen molar-refractivity contribution < 1.29 is 19.7 Å². The molecule has 2 heterocycles. The summed E-state index contributed by atoms with van der Waals surface area (Å²) < 4.78 is 6.58. The van der Waals surface area contributed by atoms with Crippen LogP contribution in [0.4, 0.5) is 0 Å². The number of ketones is 1. The van der Waals surface area contributed by atoms with E-state index in [2.05, 4.69) is 4.98 Å². The zero-order valence-electron chi connectivity index (χ0n) is 15.6. The number of hydrogen-bond acceptors (Lipinski definition) is 5. The molecule has 0 amide bonds. The van der Waals surface area contributed by atoms with Gasteiger partial charge in [0.05, 0.1) is 18.4 Å². The summed E-state index contributed by atoms with van der Waals surface area (Å²) in [6, 6.07) is 20.8. The molecule has 0 bridgehead atoms. The molecular weight excluding hydrogens is 368 g/mol. The minimum atomic E-state index is -0.490. The first-order valence-corrected chi connectivity index (χ1v) is 8.94. The Morgan fingerprint density at radius 2 is 1.62 bits per heavy atom. The number of aromatic nitrogens is 2. The molecule has 0 unspecified atom stereocenters. The maximum Gasteiger partial charge on any atom is 0.241 e. The van der Waals surface area contributed by atoms with Gasteiger partial charge in [0.15, 0.2) is 11.5 Å². The Morgan fingerprint density at radius 1 is 0.931 bits per heavy atom. The maximum absolute atomic E-state index is 13.3. The normalized spacial score (nSPS) is 10.7. The predicted molar refractivity (Wildman–Crippen MR) is 109 cm³/mol. The van der Waals surface area contributed by atoms with E-state index >= 15 is 0 Å². The zero-order chi connectivity index (χ0) is 20.4. The SMILES string of the molecule is COc1ccc(-c2c(C(=O)c3ccccc3)c(O)c(O)n2-c2ccccn2)cc1. The van der Waals surface area contributed by atoms with Crippen molar-refractivity contribution in [3.05, 3.63) is 90.1 Å². The Morgan fingerprint density at radius 3 is 2.24 bits per heavy atom. The number of nitrogens with zero attached hydrogens (tertiary/aromatic N) is 2. The first-order chi connectivity index (χ1) is 14.1. The molecule has 6 heteroatoms. The number of hydrogen-bond donors (Lipinski definition) is 2. The van der Waals surface area contributed by atoms with Crippen molar-refractivity contribution in [1.29, 1.82) is 0 Å². The number of rotatable bonds is 5. The van der Waals surface area contributed by atoms with Gasteiger partial charge in [0, 0.05) is 11.8 Å². The number of benzene rings is 2. The van der Waals surface area contributed by atoms with E-state index in [0.717, 1.165) is 0 Å². The van der Waals surface area contributed by atoms with Gasteiger partial charge in [-0.15, -0.1) is 0 Å². The summed E-state index contributed by atoms with van der Waals surface area (Å²) >= 11 is 0. The summed E-state index contributed by atoms with van der Waals surface area (Å²) in [4.78, 5) is 17.5. The Hall–Kier alpha value is -4.06. The Bertz CT molecular complexity index is 1150. The molecule has 0 spiro atoms. The number of methoxy groups -OCH3 is 1. The zero-order valence-corrected chi connectivity index (χ0v) is 15.6. The first-order valence-electron chi connectivity index (χ1n) is 8.94. The first kappa shape index (κ1) is 18.3. The summed E-state index contributed by atoms with van der Waals surface area (Å²) in [5.74, 6) is -0.324. The predicted octanol–water partition coefficient (Wildman–Crippen LogP) is 4.19. The highest BCUT2D eigenvalue weighted by molar-refractivity contribution is 6.15. The topological polar surface area (TPSA) is 84.6 Å². The molecule has 0 aliphatic heterocycles. The summed E-state index contributed by atoms with van der Waals surface area (Å²) in [5.41, 5.74) is 1.36. The van der Waals surface area contributed by atoms with Gasteiger partial charge in [-0.1, -0.05) is 36.4 Å². The van der Waals surface area contributed by atoms with Crippen molar-refractivity contribution in [2.45, 2.75) is 0 Å². The average molecular weight is 386 g/mol. The van der Waals surface area contributed by atoms with E-state index in [4.69, 9.17) is 4.74 Å². The third kappa shape index (κ3) is 3.21. The highest BCUT2D eigenvalue weighted by Gasteiger charge is 2.30. The van der Waals surface area contributed by atoms with Crippen LogP contribution in [0.25, 0.3) is 17.1 Å². The van der Waals surface area contributed by atoms with E-state index in [1.807, 2.05) is 0 Å². The Labute approximate surface area is 167 Å². The van der Waals surface area contributed by atoms with Gasteiger partial charge in [-0.2, -0.15) is 0 Å². The molecule has 0 saturated carbocycles. The van der Waals surface area contributed by atoms with E-state index in [0.29, 0.717) is 28.4 Å².